The number of halogens is 1. The lowest BCUT2D eigenvalue weighted by molar-refractivity contribution is 0.515. The van der Waals surface area contributed by atoms with Crippen molar-refractivity contribution in [1.29, 1.82) is 0 Å². The van der Waals surface area contributed by atoms with Gasteiger partial charge < -0.3 is 5.11 Å². The Labute approximate surface area is 109 Å². The number of rotatable bonds is 2. The van der Waals surface area contributed by atoms with Crippen molar-refractivity contribution in [2.45, 2.75) is 0 Å². The summed E-state index contributed by atoms with van der Waals surface area (Å²) in [6.07, 6.45) is 2.97. The van der Waals surface area contributed by atoms with Crippen LogP contribution in [0.2, 0.25) is 5.28 Å². The van der Waals surface area contributed by atoms with Crippen molar-refractivity contribution < 1.29 is 5.11 Å². The first kappa shape index (κ1) is 12.1. The van der Waals surface area contributed by atoms with Crippen LogP contribution in [0, 0.1) is 6.57 Å². The maximum atomic E-state index is 9.94. The molecule has 1 aromatic carbocycles. The molecule has 1 N–H and O–H groups in total. The fourth-order valence-electron chi connectivity index (χ4n) is 1.39. The van der Waals surface area contributed by atoms with E-state index in [1.807, 2.05) is 0 Å². The van der Waals surface area contributed by atoms with E-state index in [4.69, 9.17) is 18.2 Å². The van der Waals surface area contributed by atoms with Gasteiger partial charge in [0.1, 0.15) is 5.76 Å². The van der Waals surface area contributed by atoms with Gasteiger partial charge in [0.25, 0.3) is 0 Å². The summed E-state index contributed by atoms with van der Waals surface area (Å²) in [6.45, 7) is 6.92. The standard InChI is InChI=1S/C13H8ClN3O/c1-15-10-4-2-3-9(7-10)12(18)8-11-5-6-16-13(14)17-11/h2-8,18H/b12-8+. The molecule has 18 heavy (non-hydrogen) atoms. The fraction of sp³-hybridized carbons (Fsp3) is 0. The van der Waals surface area contributed by atoms with Gasteiger partial charge in [-0.15, -0.1) is 0 Å². The molecule has 1 heterocycles. The summed E-state index contributed by atoms with van der Waals surface area (Å²) < 4.78 is 0. The summed E-state index contributed by atoms with van der Waals surface area (Å²) in [7, 11) is 0. The van der Waals surface area contributed by atoms with Crippen LogP contribution in [-0.2, 0) is 0 Å². The second-order valence-electron chi connectivity index (χ2n) is 3.44. The van der Waals surface area contributed by atoms with Crippen molar-refractivity contribution in [2.24, 2.45) is 0 Å². The highest BCUT2D eigenvalue weighted by Crippen LogP contribution is 2.20. The Hall–Kier alpha value is -2.38. The van der Waals surface area contributed by atoms with Crippen LogP contribution >= 0.6 is 11.6 Å². The average Bonchev–Trinajstić information content (AvgIpc) is 2.39. The zero-order valence-corrected chi connectivity index (χ0v) is 9.96. The molecule has 0 bridgehead atoms. The lowest BCUT2D eigenvalue weighted by Gasteiger charge is -2.01. The Kier molecular flexibility index (Phi) is 3.56. The van der Waals surface area contributed by atoms with Crippen molar-refractivity contribution in [2.75, 3.05) is 0 Å². The maximum absolute atomic E-state index is 9.94. The first-order chi connectivity index (χ1) is 8.69. The fourth-order valence-corrected chi connectivity index (χ4v) is 1.54. The highest BCUT2D eigenvalue weighted by atomic mass is 35.5. The van der Waals surface area contributed by atoms with Gasteiger partial charge in [-0.05, 0) is 23.7 Å². The Morgan fingerprint density at radius 3 is 2.94 bits per heavy atom. The second kappa shape index (κ2) is 5.30. The average molecular weight is 258 g/mol. The molecule has 2 aromatic rings. The highest BCUT2D eigenvalue weighted by Gasteiger charge is 2.02. The predicted molar refractivity (Wildman–Crippen MR) is 70.2 cm³/mol. The third kappa shape index (κ3) is 2.84. The van der Waals surface area contributed by atoms with Gasteiger partial charge in [0.05, 0.1) is 12.3 Å². The van der Waals surface area contributed by atoms with Gasteiger partial charge in [-0.25, -0.2) is 14.8 Å². The molecule has 0 spiro atoms. The van der Waals surface area contributed by atoms with E-state index < -0.39 is 0 Å². The summed E-state index contributed by atoms with van der Waals surface area (Å²) in [5, 5.41) is 10.1. The first-order valence-corrected chi connectivity index (χ1v) is 5.44. The molecule has 0 saturated carbocycles. The molecule has 0 saturated heterocycles. The van der Waals surface area contributed by atoms with Crippen LogP contribution < -0.4 is 0 Å². The number of aromatic nitrogens is 2. The van der Waals surface area contributed by atoms with Gasteiger partial charge in [0, 0.05) is 17.8 Å². The molecular formula is C13H8ClN3O. The van der Waals surface area contributed by atoms with Crippen molar-refractivity contribution >= 4 is 29.1 Å². The molecule has 88 valence electrons. The summed E-state index contributed by atoms with van der Waals surface area (Å²) in [5.41, 5.74) is 1.52. The molecule has 0 aliphatic heterocycles. The van der Waals surface area contributed by atoms with E-state index in [1.54, 1.807) is 30.3 Å². The molecule has 2 rings (SSSR count). The van der Waals surface area contributed by atoms with E-state index in [0.717, 1.165) is 0 Å². The third-order valence-corrected chi connectivity index (χ3v) is 2.39. The number of aliphatic hydroxyl groups excluding tert-OH is 1. The Morgan fingerprint density at radius 1 is 1.39 bits per heavy atom. The van der Waals surface area contributed by atoms with Gasteiger partial charge in [0.15, 0.2) is 5.69 Å². The van der Waals surface area contributed by atoms with E-state index >= 15 is 0 Å². The number of hydrogen-bond acceptors (Lipinski definition) is 3. The summed E-state index contributed by atoms with van der Waals surface area (Å²) in [4.78, 5) is 11.0. The summed E-state index contributed by atoms with van der Waals surface area (Å²) in [5.74, 6) is 0.0234. The van der Waals surface area contributed by atoms with Crippen LogP contribution in [0.3, 0.4) is 0 Å². The van der Waals surface area contributed by atoms with Gasteiger partial charge >= 0.3 is 0 Å². The first-order valence-electron chi connectivity index (χ1n) is 5.06. The molecular weight excluding hydrogens is 250 g/mol. The summed E-state index contributed by atoms with van der Waals surface area (Å²) >= 11 is 5.65. The molecule has 0 aliphatic carbocycles. The lowest BCUT2D eigenvalue weighted by atomic mass is 10.1. The SMILES string of the molecule is [C-]#[N+]c1cccc(/C(O)=C\c2ccnc(Cl)n2)c1. The van der Waals surface area contributed by atoms with Crippen molar-refractivity contribution in [3.05, 3.63) is 64.5 Å². The second-order valence-corrected chi connectivity index (χ2v) is 3.78. The molecule has 0 radical (unpaired) electrons. The molecule has 1 aromatic heterocycles. The molecule has 0 amide bonds. The van der Waals surface area contributed by atoms with E-state index in [1.165, 1.54) is 12.3 Å². The Balaban J connectivity index is 2.36. The summed E-state index contributed by atoms with van der Waals surface area (Å²) in [6, 6.07) is 8.32. The van der Waals surface area contributed by atoms with Crippen molar-refractivity contribution in [3.8, 4) is 0 Å². The van der Waals surface area contributed by atoms with Crippen LogP contribution in [0.5, 0.6) is 0 Å². The van der Waals surface area contributed by atoms with Crippen molar-refractivity contribution in [1.82, 2.24) is 9.97 Å². The minimum absolute atomic E-state index is 0.0234. The Morgan fingerprint density at radius 2 is 2.22 bits per heavy atom. The van der Waals surface area contributed by atoms with Crippen LogP contribution in [0.15, 0.2) is 36.5 Å². The van der Waals surface area contributed by atoms with E-state index in [2.05, 4.69) is 14.8 Å². The molecule has 4 nitrogen and oxygen atoms in total. The maximum Gasteiger partial charge on any atom is 0.222 e. The monoisotopic (exact) mass is 257 g/mol. The largest absolute Gasteiger partial charge is 0.507 e. The molecule has 0 fully saturated rings. The van der Waals surface area contributed by atoms with Crippen molar-refractivity contribution in [3.63, 3.8) is 0 Å². The molecule has 5 heteroatoms. The minimum atomic E-state index is 0.0234. The van der Waals surface area contributed by atoms with Crippen LogP contribution in [0.25, 0.3) is 16.7 Å². The molecule has 0 atom stereocenters. The zero-order chi connectivity index (χ0) is 13.0. The van der Waals surface area contributed by atoms with E-state index in [-0.39, 0.29) is 11.0 Å². The van der Waals surface area contributed by atoms with E-state index in [0.29, 0.717) is 16.9 Å². The van der Waals surface area contributed by atoms with Gasteiger partial charge in [-0.3, -0.25) is 0 Å². The number of aliphatic hydroxyl groups is 1. The minimum Gasteiger partial charge on any atom is -0.507 e. The lowest BCUT2D eigenvalue weighted by Crippen LogP contribution is -1.87. The van der Waals surface area contributed by atoms with Gasteiger partial charge in [-0.1, -0.05) is 18.2 Å². The zero-order valence-electron chi connectivity index (χ0n) is 9.21. The predicted octanol–water partition coefficient (Wildman–Crippen LogP) is 3.74. The van der Waals surface area contributed by atoms with Gasteiger partial charge in [-0.2, -0.15) is 0 Å². The molecule has 0 aliphatic rings. The quantitative estimate of drug-likeness (QED) is 0.507. The Bertz CT molecular complexity index is 647. The normalized spacial score (nSPS) is 11.0. The number of nitrogens with zero attached hydrogens (tertiary/aromatic N) is 3. The van der Waals surface area contributed by atoms with E-state index in [9.17, 15) is 5.11 Å². The van der Waals surface area contributed by atoms with Crippen LogP contribution in [0.1, 0.15) is 11.3 Å². The third-order valence-electron chi connectivity index (χ3n) is 2.20. The number of hydrogen-bond donors (Lipinski definition) is 1. The number of benzene rings is 1. The smallest absolute Gasteiger partial charge is 0.222 e. The van der Waals surface area contributed by atoms with Crippen LogP contribution in [-0.4, -0.2) is 15.1 Å². The molecule has 0 unspecified atom stereocenters. The van der Waals surface area contributed by atoms with Crippen LogP contribution in [0.4, 0.5) is 5.69 Å². The topological polar surface area (TPSA) is 50.4 Å². The highest BCUT2D eigenvalue weighted by molar-refractivity contribution is 6.28. The van der Waals surface area contributed by atoms with Gasteiger partial charge in [0.2, 0.25) is 5.28 Å².